The molecule has 1 aliphatic carbocycles. The van der Waals surface area contributed by atoms with E-state index in [0.29, 0.717) is 29.1 Å². The second kappa shape index (κ2) is 9.21. The molecular weight excluding hydrogens is 455 g/mol. The van der Waals surface area contributed by atoms with Crippen molar-refractivity contribution >= 4 is 40.1 Å². The van der Waals surface area contributed by atoms with Crippen molar-refractivity contribution in [1.29, 1.82) is 0 Å². The number of rotatable bonds is 7. The number of aromatic nitrogens is 3. The number of nitrogens with one attached hydrogen (secondary N) is 3. The number of hydrogen-bond donors (Lipinski definition) is 3. The number of anilines is 4. The van der Waals surface area contributed by atoms with Gasteiger partial charge < -0.3 is 10.6 Å². The van der Waals surface area contributed by atoms with E-state index in [1.165, 1.54) is 31.3 Å². The normalized spacial score (nSPS) is 13.8. The Labute approximate surface area is 199 Å². The summed E-state index contributed by atoms with van der Waals surface area (Å²) in [5, 5.41) is 11.5. The van der Waals surface area contributed by atoms with Gasteiger partial charge in [0.15, 0.2) is 0 Å². The van der Waals surface area contributed by atoms with Gasteiger partial charge in [-0.15, -0.1) is 0 Å². The molecule has 10 heteroatoms. The number of benzene rings is 2. The van der Waals surface area contributed by atoms with Crippen LogP contribution in [0.2, 0.25) is 0 Å². The third kappa shape index (κ3) is 5.65. The van der Waals surface area contributed by atoms with E-state index < -0.39 is 11.7 Å². The molecule has 0 saturated heterocycles. The van der Waals surface area contributed by atoms with Gasteiger partial charge in [0, 0.05) is 22.8 Å². The number of hydrogen-bond acceptors (Lipinski definition) is 7. The first kappa shape index (κ1) is 22.6. The average Bonchev–Trinajstić information content (AvgIpc) is 3.64. The van der Waals surface area contributed by atoms with Crippen LogP contribution in [0.5, 0.6) is 0 Å². The summed E-state index contributed by atoms with van der Waals surface area (Å²) in [7, 11) is 0. The fourth-order valence-electron chi connectivity index (χ4n) is 3.54. The van der Waals surface area contributed by atoms with E-state index in [4.69, 9.17) is 0 Å². The topological polar surface area (TPSA) is 87.1 Å². The number of alkyl halides is 3. The minimum absolute atomic E-state index is 0.323. The molecule has 0 spiro atoms. The van der Waals surface area contributed by atoms with Crippen LogP contribution >= 0.6 is 0 Å². The average molecular weight is 477 g/mol. The van der Waals surface area contributed by atoms with Gasteiger partial charge in [0.2, 0.25) is 5.95 Å². The predicted molar refractivity (Wildman–Crippen MR) is 131 cm³/mol. The summed E-state index contributed by atoms with van der Waals surface area (Å²) in [5.74, 6) is 0.373. The van der Waals surface area contributed by atoms with Gasteiger partial charge in [-0.1, -0.05) is 6.07 Å². The van der Waals surface area contributed by atoms with Crippen molar-refractivity contribution in [2.24, 2.45) is 5.10 Å². The Morgan fingerprint density at radius 3 is 2.54 bits per heavy atom. The highest BCUT2D eigenvalue weighted by atomic mass is 19.4. The molecule has 1 aliphatic rings. The van der Waals surface area contributed by atoms with Crippen LogP contribution in [0.25, 0.3) is 10.9 Å². The standard InChI is InChI=1S/C25H22F3N7/c1-15-22-10-9-19(32-17-5-6-17)12-23(22)34-24(31-15)35-30-14-20-7-8-21(13-29-20)33-18-4-2-3-16(11-18)25(26,27)28/h2-4,7-14,17,32-33H,5-6H2,1H3,(H,31,34,35)/b30-14+. The van der Waals surface area contributed by atoms with E-state index in [-0.39, 0.29) is 0 Å². The van der Waals surface area contributed by atoms with Gasteiger partial charge in [0.25, 0.3) is 0 Å². The lowest BCUT2D eigenvalue weighted by molar-refractivity contribution is -0.137. The molecule has 178 valence electrons. The lowest BCUT2D eigenvalue weighted by Gasteiger charge is -2.10. The van der Waals surface area contributed by atoms with E-state index in [1.54, 1.807) is 18.2 Å². The molecule has 0 radical (unpaired) electrons. The van der Waals surface area contributed by atoms with Gasteiger partial charge in [0.05, 0.1) is 40.6 Å². The number of fused-ring (bicyclic) bond motifs is 1. The van der Waals surface area contributed by atoms with Crippen LogP contribution in [0, 0.1) is 6.92 Å². The second-order valence-corrected chi connectivity index (χ2v) is 8.33. The van der Waals surface area contributed by atoms with Crippen molar-refractivity contribution in [2.75, 3.05) is 16.1 Å². The van der Waals surface area contributed by atoms with Gasteiger partial charge in [-0.25, -0.2) is 15.4 Å². The Balaban J connectivity index is 1.24. The summed E-state index contributed by atoms with van der Waals surface area (Å²) in [6.07, 6.45) is 1.03. The zero-order valence-electron chi connectivity index (χ0n) is 18.8. The number of halogens is 3. The Bertz CT molecular complexity index is 1380. The summed E-state index contributed by atoms with van der Waals surface area (Å²) in [6.45, 7) is 1.92. The molecule has 7 nitrogen and oxygen atoms in total. The Morgan fingerprint density at radius 1 is 0.971 bits per heavy atom. The molecule has 0 aliphatic heterocycles. The molecule has 5 rings (SSSR count). The fraction of sp³-hybridized carbons (Fsp3) is 0.200. The van der Waals surface area contributed by atoms with Crippen molar-refractivity contribution in [2.45, 2.75) is 32.0 Å². The van der Waals surface area contributed by atoms with Crippen molar-refractivity contribution in [3.8, 4) is 0 Å². The minimum Gasteiger partial charge on any atom is -0.382 e. The maximum Gasteiger partial charge on any atom is 0.416 e. The van der Waals surface area contributed by atoms with Gasteiger partial charge in [-0.3, -0.25) is 4.98 Å². The number of hydrazone groups is 1. The van der Waals surface area contributed by atoms with Gasteiger partial charge in [0.1, 0.15) is 0 Å². The van der Waals surface area contributed by atoms with Crippen molar-refractivity contribution < 1.29 is 13.2 Å². The quantitative estimate of drug-likeness (QED) is 0.220. The third-order valence-electron chi connectivity index (χ3n) is 5.46. The van der Waals surface area contributed by atoms with Crippen molar-refractivity contribution in [3.05, 3.63) is 77.7 Å². The lowest BCUT2D eigenvalue weighted by atomic mass is 10.2. The Morgan fingerprint density at radius 2 is 1.80 bits per heavy atom. The first-order valence-electron chi connectivity index (χ1n) is 11.1. The maximum absolute atomic E-state index is 12.9. The highest BCUT2D eigenvalue weighted by Gasteiger charge is 2.30. The third-order valence-corrected chi connectivity index (χ3v) is 5.46. The molecule has 1 fully saturated rings. The molecule has 0 atom stereocenters. The minimum atomic E-state index is -4.40. The second-order valence-electron chi connectivity index (χ2n) is 8.33. The van der Waals surface area contributed by atoms with Crippen LogP contribution < -0.4 is 16.1 Å². The molecule has 1 saturated carbocycles. The van der Waals surface area contributed by atoms with Crippen LogP contribution in [0.3, 0.4) is 0 Å². The number of aryl methyl sites for hydroxylation is 1. The molecule has 35 heavy (non-hydrogen) atoms. The van der Waals surface area contributed by atoms with Crippen LogP contribution in [-0.4, -0.2) is 27.2 Å². The van der Waals surface area contributed by atoms with E-state index in [1.807, 2.05) is 25.1 Å². The lowest BCUT2D eigenvalue weighted by Crippen LogP contribution is -2.05. The van der Waals surface area contributed by atoms with Crippen LogP contribution in [0.15, 0.2) is 65.9 Å². The maximum atomic E-state index is 12.9. The molecule has 2 aromatic heterocycles. The predicted octanol–water partition coefficient (Wildman–Crippen LogP) is 6.12. The molecule has 2 aromatic carbocycles. The van der Waals surface area contributed by atoms with E-state index in [0.717, 1.165) is 34.4 Å². The Kier molecular flexibility index (Phi) is 5.94. The summed E-state index contributed by atoms with van der Waals surface area (Å²) in [5.41, 5.74) is 6.26. The molecule has 3 N–H and O–H groups in total. The highest BCUT2D eigenvalue weighted by molar-refractivity contribution is 5.85. The first-order chi connectivity index (χ1) is 16.8. The van der Waals surface area contributed by atoms with Gasteiger partial charge in [-0.05, 0) is 68.3 Å². The van der Waals surface area contributed by atoms with Gasteiger partial charge in [-0.2, -0.15) is 18.3 Å². The zero-order chi connectivity index (χ0) is 24.4. The molecule has 0 unspecified atom stereocenters. The van der Waals surface area contributed by atoms with Crippen molar-refractivity contribution in [1.82, 2.24) is 15.0 Å². The van der Waals surface area contributed by atoms with E-state index in [9.17, 15) is 13.2 Å². The summed E-state index contributed by atoms with van der Waals surface area (Å²) in [6, 6.07) is 15.0. The Hall–Kier alpha value is -4.21. The molecule has 0 amide bonds. The highest BCUT2D eigenvalue weighted by Crippen LogP contribution is 2.31. The van der Waals surface area contributed by atoms with E-state index in [2.05, 4.69) is 36.1 Å². The SMILES string of the molecule is Cc1nc(N/N=C/c2ccc(Nc3cccc(C(F)(F)F)c3)cn2)nc2cc(NC3CC3)ccc12. The molecular formula is C25H22F3N7. The van der Waals surface area contributed by atoms with Crippen LogP contribution in [0.4, 0.5) is 36.2 Å². The zero-order valence-corrected chi connectivity index (χ0v) is 18.8. The first-order valence-corrected chi connectivity index (χ1v) is 11.1. The number of pyridine rings is 1. The molecule has 4 aromatic rings. The smallest absolute Gasteiger partial charge is 0.382 e. The largest absolute Gasteiger partial charge is 0.416 e. The summed E-state index contributed by atoms with van der Waals surface area (Å²) in [4.78, 5) is 13.3. The van der Waals surface area contributed by atoms with Crippen LogP contribution in [0.1, 0.15) is 29.8 Å². The van der Waals surface area contributed by atoms with E-state index >= 15 is 0 Å². The monoisotopic (exact) mass is 477 g/mol. The fourth-order valence-corrected chi connectivity index (χ4v) is 3.54. The van der Waals surface area contributed by atoms with Crippen molar-refractivity contribution in [3.63, 3.8) is 0 Å². The number of nitrogens with zero attached hydrogens (tertiary/aromatic N) is 4. The molecule has 0 bridgehead atoms. The van der Waals surface area contributed by atoms with Gasteiger partial charge >= 0.3 is 6.18 Å². The van der Waals surface area contributed by atoms with Crippen LogP contribution in [-0.2, 0) is 6.18 Å². The molecule has 2 heterocycles. The summed E-state index contributed by atoms with van der Waals surface area (Å²) >= 11 is 0. The summed E-state index contributed by atoms with van der Waals surface area (Å²) < 4.78 is 38.7.